The first-order valence-corrected chi connectivity index (χ1v) is 20.0. The highest BCUT2D eigenvalue weighted by atomic mass is 16.3. The van der Waals surface area contributed by atoms with Gasteiger partial charge in [0, 0.05) is 43.6 Å². The smallest absolute Gasteiger partial charge is 0.235 e. The first-order chi connectivity index (χ1) is 29.3. The Labute approximate surface area is 337 Å². The molecule has 9 aromatic carbocycles. The zero-order chi connectivity index (χ0) is 38.6. The molecule has 0 saturated carbocycles. The van der Waals surface area contributed by atoms with Crippen LogP contribution in [-0.4, -0.2) is 19.1 Å². The second kappa shape index (κ2) is 12.2. The number of aromatic nitrogens is 4. The second-order valence-corrected chi connectivity index (χ2v) is 15.3. The first-order valence-electron chi connectivity index (χ1n) is 20.0. The number of rotatable bonds is 4. The van der Waals surface area contributed by atoms with E-state index in [0.717, 1.165) is 88.2 Å². The maximum Gasteiger partial charge on any atom is 0.235 e. The molecule has 4 aromatic heterocycles. The third-order valence-electron chi connectivity index (χ3n) is 12.1. The molecule has 274 valence electrons. The minimum Gasteiger partial charge on any atom is -0.456 e. The minimum absolute atomic E-state index is 0.608. The van der Waals surface area contributed by atoms with Crippen molar-refractivity contribution in [2.75, 3.05) is 0 Å². The molecule has 0 fully saturated rings. The summed E-state index contributed by atoms with van der Waals surface area (Å²) in [6, 6.07) is 68.9. The molecule has 4 heterocycles. The van der Waals surface area contributed by atoms with Crippen molar-refractivity contribution < 1.29 is 4.42 Å². The standard InChI is InChI=1S/C54H32N4O/c1-2-12-33(13-3-1)35-22-24-36(25-23-35)51-41-17-6-9-19-44(41)55-54(56-51)58-46-30-28-40-39-16-7-10-20-45(39)57(38-27-26-34-14-4-5-15-37(34)32-38)52(40)49(46)43-29-31-48-50(53(43)58)42-18-8-11-21-47(42)59-48/h1-32H. The van der Waals surface area contributed by atoms with E-state index in [1.54, 1.807) is 0 Å². The van der Waals surface area contributed by atoms with E-state index in [1.807, 2.05) is 12.1 Å². The van der Waals surface area contributed by atoms with Crippen molar-refractivity contribution in [3.8, 4) is 34.0 Å². The van der Waals surface area contributed by atoms with Gasteiger partial charge in [-0.2, -0.15) is 0 Å². The van der Waals surface area contributed by atoms with E-state index < -0.39 is 0 Å². The van der Waals surface area contributed by atoms with Gasteiger partial charge >= 0.3 is 0 Å². The molecule has 0 aliphatic carbocycles. The molecule has 0 spiro atoms. The van der Waals surface area contributed by atoms with Crippen molar-refractivity contribution in [3.63, 3.8) is 0 Å². The third-order valence-corrected chi connectivity index (χ3v) is 12.1. The summed E-state index contributed by atoms with van der Waals surface area (Å²) in [5, 5.41) is 10.2. The number of hydrogen-bond acceptors (Lipinski definition) is 3. The Kier molecular flexibility index (Phi) is 6.66. The van der Waals surface area contributed by atoms with Gasteiger partial charge in [-0.05, 0) is 70.4 Å². The number of para-hydroxylation sites is 3. The molecule has 0 aliphatic heterocycles. The van der Waals surface area contributed by atoms with E-state index in [2.05, 4.69) is 191 Å². The first kappa shape index (κ1) is 32.1. The molecular weight excluding hydrogens is 721 g/mol. The van der Waals surface area contributed by atoms with E-state index in [9.17, 15) is 0 Å². The molecule has 0 radical (unpaired) electrons. The predicted octanol–water partition coefficient (Wildman–Crippen LogP) is 14.2. The molecule has 0 amide bonds. The molecule has 5 nitrogen and oxygen atoms in total. The fourth-order valence-electron chi connectivity index (χ4n) is 9.48. The second-order valence-electron chi connectivity index (χ2n) is 15.3. The van der Waals surface area contributed by atoms with Gasteiger partial charge in [-0.3, -0.25) is 4.57 Å². The summed E-state index contributed by atoms with van der Waals surface area (Å²) < 4.78 is 11.3. The Morgan fingerprint density at radius 3 is 1.93 bits per heavy atom. The summed E-state index contributed by atoms with van der Waals surface area (Å²) in [7, 11) is 0. The highest BCUT2D eigenvalue weighted by molar-refractivity contribution is 6.31. The zero-order valence-electron chi connectivity index (χ0n) is 31.7. The van der Waals surface area contributed by atoms with Crippen LogP contribution in [0.5, 0.6) is 0 Å². The van der Waals surface area contributed by atoms with Crippen LogP contribution in [0.25, 0.3) is 121 Å². The largest absolute Gasteiger partial charge is 0.456 e. The van der Waals surface area contributed by atoms with Crippen LogP contribution in [0, 0.1) is 0 Å². The van der Waals surface area contributed by atoms with Gasteiger partial charge in [0.15, 0.2) is 0 Å². The normalized spacial score (nSPS) is 12.1. The van der Waals surface area contributed by atoms with Crippen LogP contribution >= 0.6 is 0 Å². The third kappa shape index (κ3) is 4.67. The molecule has 0 atom stereocenters. The Balaban J connectivity index is 1.18. The van der Waals surface area contributed by atoms with Gasteiger partial charge < -0.3 is 8.98 Å². The van der Waals surface area contributed by atoms with Crippen molar-refractivity contribution >= 4 is 87.2 Å². The van der Waals surface area contributed by atoms with Gasteiger partial charge in [-0.25, -0.2) is 9.97 Å². The highest BCUT2D eigenvalue weighted by Gasteiger charge is 2.25. The number of furan rings is 1. The van der Waals surface area contributed by atoms with E-state index in [1.165, 1.54) is 27.1 Å². The SMILES string of the molecule is c1ccc(-c2ccc(-c3nc(-n4c5ccc6c7ccccc7n(-c7ccc8ccccc8c7)c6c5c5ccc6oc7ccccc7c6c54)nc4ccccc34)cc2)cc1. The maximum absolute atomic E-state index is 6.57. The molecule has 0 aliphatic rings. The lowest BCUT2D eigenvalue weighted by atomic mass is 10.0. The molecule has 0 N–H and O–H groups in total. The zero-order valence-corrected chi connectivity index (χ0v) is 31.7. The van der Waals surface area contributed by atoms with Crippen LogP contribution in [0.1, 0.15) is 0 Å². The van der Waals surface area contributed by atoms with Crippen LogP contribution in [0.3, 0.4) is 0 Å². The van der Waals surface area contributed by atoms with Gasteiger partial charge in [0.2, 0.25) is 5.95 Å². The molecule has 0 bridgehead atoms. The van der Waals surface area contributed by atoms with E-state index >= 15 is 0 Å². The van der Waals surface area contributed by atoms with Crippen LogP contribution in [0.4, 0.5) is 0 Å². The Hall–Kier alpha value is -8.02. The summed E-state index contributed by atoms with van der Waals surface area (Å²) in [5.74, 6) is 0.608. The molecular formula is C54H32N4O. The van der Waals surface area contributed by atoms with E-state index in [4.69, 9.17) is 14.4 Å². The van der Waals surface area contributed by atoms with Crippen molar-refractivity contribution in [3.05, 3.63) is 194 Å². The number of benzene rings is 9. The Bertz CT molecular complexity index is 3830. The van der Waals surface area contributed by atoms with Gasteiger partial charge in [0.05, 0.1) is 38.7 Å². The summed E-state index contributed by atoms with van der Waals surface area (Å²) in [5.41, 5.74) is 12.3. The summed E-state index contributed by atoms with van der Waals surface area (Å²) >= 11 is 0. The highest BCUT2D eigenvalue weighted by Crippen LogP contribution is 2.46. The fraction of sp³-hybridized carbons (Fsp3) is 0. The number of fused-ring (bicyclic) bond motifs is 13. The quantitative estimate of drug-likeness (QED) is 0.180. The Morgan fingerprint density at radius 1 is 0.373 bits per heavy atom. The lowest BCUT2D eigenvalue weighted by molar-refractivity contribution is 0.669. The topological polar surface area (TPSA) is 48.8 Å². The van der Waals surface area contributed by atoms with Crippen LogP contribution in [0.2, 0.25) is 0 Å². The van der Waals surface area contributed by atoms with E-state index in [0.29, 0.717) is 5.95 Å². The lowest BCUT2D eigenvalue weighted by Crippen LogP contribution is -2.03. The summed E-state index contributed by atoms with van der Waals surface area (Å²) in [6.45, 7) is 0. The average molecular weight is 753 g/mol. The molecule has 59 heavy (non-hydrogen) atoms. The van der Waals surface area contributed by atoms with Crippen LogP contribution < -0.4 is 0 Å². The van der Waals surface area contributed by atoms with Gasteiger partial charge in [0.1, 0.15) is 11.2 Å². The fourth-order valence-corrected chi connectivity index (χ4v) is 9.48. The van der Waals surface area contributed by atoms with Crippen molar-refractivity contribution in [1.82, 2.24) is 19.1 Å². The monoisotopic (exact) mass is 752 g/mol. The van der Waals surface area contributed by atoms with Crippen molar-refractivity contribution in [2.45, 2.75) is 0 Å². The van der Waals surface area contributed by atoms with Gasteiger partial charge in [0.25, 0.3) is 0 Å². The number of nitrogens with zero attached hydrogens (tertiary/aromatic N) is 4. The molecule has 0 unspecified atom stereocenters. The van der Waals surface area contributed by atoms with Crippen LogP contribution in [-0.2, 0) is 0 Å². The molecule has 0 saturated heterocycles. The van der Waals surface area contributed by atoms with Crippen molar-refractivity contribution in [2.24, 2.45) is 0 Å². The van der Waals surface area contributed by atoms with E-state index in [-0.39, 0.29) is 0 Å². The number of hydrogen-bond donors (Lipinski definition) is 0. The molecule has 13 rings (SSSR count). The van der Waals surface area contributed by atoms with Crippen molar-refractivity contribution in [1.29, 1.82) is 0 Å². The summed E-state index contributed by atoms with van der Waals surface area (Å²) in [4.78, 5) is 10.9. The van der Waals surface area contributed by atoms with Gasteiger partial charge in [-0.1, -0.05) is 146 Å². The Morgan fingerprint density at radius 2 is 1.05 bits per heavy atom. The molecule has 13 aromatic rings. The summed E-state index contributed by atoms with van der Waals surface area (Å²) in [6.07, 6.45) is 0. The maximum atomic E-state index is 6.57. The average Bonchev–Trinajstić information content (AvgIpc) is 3.96. The minimum atomic E-state index is 0.608. The van der Waals surface area contributed by atoms with Crippen LogP contribution in [0.15, 0.2) is 199 Å². The van der Waals surface area contributed by atoms with Gasteiger partial charge in [-0.15, -0.1) is 0 Å². The lowest BCUT2D eigenvalue weighted by Gasteiger charge is -2.13. The molecule has 5 heteroatoms. The predicted molar refractivity (Wildman–Crippen MR) is 244 cm³/mol.